The first kappa shape index (κ1) is 12.7. The van der Waals surface area contributed by atoms with Gasteiger partial charge in [-0.3, -0.25) is 9.69 Å². The molecule has 2 heterocycles. The summed E-state index contributed by atoms with van der Waals surface area (Å²) in [4.78, 5) is 14.5. The zero-order chi connectivity index (χ0) is 12.6. The predicted octanol–water partition coefficient (Wildman–Crippen LogP) is 3.54. The van der Waals surface area contributed by atoms with Gasteiger partial charge in [0.1, 0.15) is 5.78 Å². The molecular formula is C16H27NO. The molecule has 2 heteroatoms. The second kappa shape index (κ2) is 4.96. The van der Waals surface area contributed by atoms with Crippen molar-refractivity contribution in [3.63, 3.8) is 0 Å². The Morgan fingerprint density at radius 1 is 1.06 bits per heavy atom. The third-order valence-electron chi connectivity index (χ3n) is 5.56. The van der Waals surface area contributed by atoms with Crippen molar-refractivity contribution in [2.24, 2.45) is 5.41 Å². The first-order valence-corrected chi connectivity index (χ1v) is 7.94. The van der Waals surface area contributed by atoms with E-state index in [0.717, 1.165) is 12.8 Å². The highest BCUT2D eigenvalue weighted by molar-refractivity contribution is 5.80. The third kappa shape index (κ3) is 2.49. The van der Waals surface area contributed by atoms with Crippen LogP contribution in [0.3, 0.4) is 0 Å². The van der Waals surface area contributed by atoms with E-state index in [2.05, 4.69) is 11.8 Å². The van der Waals surface area contributed by atoms with Crippen LogP contribution in [-0.4, -0.2) is 29.3 Å². The molecule has 0 aromatic rings. The summed E-state index contributed by atoms with van der Waals surface area (Å²) in [7, 11) is 0. The van der Waals surface area contributed by atoms with Gasteiger partial charge < -0.3 is 0 Å². The number of carbonyl (C=O) groups is 1. The summed E-state index contributed by atoms with van der Waals surface area (Å²) in [5, 5.41) is 0. The second-order valence-electron chi connectivity index (χ2n) is 7.23. The number of fused-ring (bicyclic) bond motifs is 2. The number of piperidine rings is 2. The van der Waals surface area contributed by atoms with Crippen LogP contribution < -0.4 is 0 Å². The smallest absolute Gasteiger partial charge is 0.136 e. The largest absolute Gasteiger partial charge is 0.300 e. The van der Waals surface area contributed by atoms with Gasteiger partial charge in [-0.05, 0) is 31.1 Å². The lowest BCUT2D eigenvalue weighted by atomic mass is 9.73. The van der Waals surface area contributed by atoms with Crippen LogP contribution in [0.25, 0.3) is 0 Å². The fraction of sp³-hybridized carbons (Fsp3) is 0.938. The van der Waals surface area contributed by atoms with Gasteiger partial charge in [-0.1, -0.05) is 32.6 Å². The maximum atomic E-state index is 11.8. The van der Waals surface area contributed by atoms with E-state index in [-0.39, 0.29) is 0 Å². The summed E-state index contributed by atoms with van der Waals surface area (Å²) in [5.74, 6) is 0.523. The third-order valence-corrected chi connectivity index (χ3v) is 5.56. The second-order valence-corrected chi connectivity index (χ2v) is 7.23. The highest BCUT2D eigenvalue weighted by atomic mass is 16.1. The molecule has 2 atom stereocenters. The highest BCUT2D eigenvalue weighted by Crippen LogP contribution is 2.41. The van der Waals surface area contributed by atoms with Crippen LogP contribution in [0.2, 0.25) is 0 Å². The number of Topliss-reactive ketones (excluding diaryl/α,β-unsaturated/α-hetero) is 1. The average molecular weight is 249 g/mol. The van der Waals surface area contributed by atoms with E-state index in [1.54, 1.807) is 0 Å². The molecular weight excluding hydrogens is 222 g/mol. The van der Waals surface area contributed by atoms with Crippen molar-refractivity contribution in [2.75, 3.05) is 6.54 Å². The van der Waals surface area contributed by atoms with Crippen LogP contribution in [0.5, 0.6) is 0 Å². The summed E-state index contributed by atoms with van der Waals surface area (Å²) in [6.07, 6.45) is 12.6. The molecule has 2 nitrogen and oxygen atoms in total. The number of rotatable bonds is 2. The topological polar surface area (TPSA) is 20.3 Å². The Morgan fingerprint density at radius 2 is 1.67 bits per heavy atom. The van der Waals surface area contributed by atoms with Crippen LogP contribution in [0.1, 0.15) is 71.1 Å². The molecule has 3 aliphatic rings. The normalized spacial score (nSPS) is 36.6. The van der Waals surface area contributed by atoms with Crippen molar-refractivity contribution >= 4 is 5.78 Å². The van der Waals surface area contributed by atoms with Gasteiger partial charge in [-0.25, -0.2) is 0 Å². The number of nitrogens with zero attached hydrogens (tertiary/aromatic N) is 1. The Labute approximate surface area is 111 Å². The van der Waals surface area contributed by atoms with Crippen molar-refractivity contribution in [2.45, 2.75) is 83.2 Å². The Balaban J connectivity index is 1.69. The first-order valence-electron chi connectivity index (χ1n) is 7.94. The fourth-order valence-electron chi connectivity index (χ4n) is 4.53. The monoisotopic (exact) mass is 249 g/mol. The average Bonchev–Trinajstić information content (AvgIpc) is 2.31. The molecule has 0 amide bonds. The van der Waals surface area contributed by atoms with Crippen LogP contribution in [0.15, 0.2) is 0 Å². The molecule has 0 radical (unpaired) electrons. The van der Waals surface area contributed by atoms with Crippen LogP contribution >= 0.6 is 0 Å². The minimum absolute atomic E-state index is 0.523. The standard InChI is InChI=1S/C16H27NO/c1-16(8-3-2-4-9-16)12-17-13-6-5-7-14(17)11-15(18)10-13/h13-14H,2-12H2,1H3. The zero-order valence-electron chi connectivity index (χ0n) is 11.8. The SMILES string of the molecule is CC1(CN2C3CCCC2CC(=O)C3)CCCCC1. The van der Waals surface area contributed by atoms with Gasteiger partial charge in [-0.15, -0.1) is 0 Å². The Kier molecular flexibility index (Phi) is 3.48. The molecule has 0 spiro atoms. The van der Waals surface area contributed by atoms with E-state index in [1.807, 2.05) is 0 Å². The highest BCUT2D eigenvalue weighted by Gasteiger charge is 2.41. The van der Waals surface area contributed by atoms with Crippen LogP contribution in [0, 0.1) is 5.41 Å². The lowest BCUT2D eigenvalue weighted by Gasteiger charge is -2.50. The van der Waals surface area contributed by atoms with Crippen molar-refractivity contribution in [3.05, 3.63) is 0 Å². The molecule has 2 unspecified atom stereocenters. The van der Waals surface area contributed by atoms with Crippen molar-refractivity contribution in [1.29, 1.82) is 0 Å². The van der Waals surface area contributed by atoms with E-state index in [0.29, 0.717) is 23.3 Å². The summed E-state index contributed by atoms with van der Waals surface area (Å²) >= 11 is 0. The Hall–Kier alpha value is -0.370. The van der Waals surface area contributed by atoms with Gasteiger partial charge in [0, 0.05) is 31.5 Å². The fourth-order valence-corrected chi connectivity index (χ4v) is 4.53. The van der Waals surface area contributed by atoms with E-state index in [1.165, 1.54) is 57.9 Å². The molecule has 102 valence electrons. The molecule has 0 aromatic carbocycles. The summed E-state index contributed by atoms with van der Waals surface area (Å²) in [6, 6.07) is 1.17. The van der Waals surface area contributed by atoms with Gasteiger partial charge in [0.05, 0.1) is 0 Å². The molecule has 2 saturated heterocycles. The number of carbonyl (C=O) groups excluding carboxylic acids is 1. The molecule has 3 rings (SSSR count). The molecule has 1 saturated carbocycles. The van der Waals surface area contributed by atoms with Crippen LogP contribution in [-0.2, 0) is 4.79 Å². The number of hydrogen-bond acceptors (Lipinski definition) is 2. The molecule has 2 aliphatic heterocycles. The summed E-state index contributed by atoms with van der Waals surface area (Å²) in [6.45, 7) is 3.74. The Morgan fingerprint density at radius 3 is 2.28 bits per heavy atom. The first-order chi connectivity index (χ1) is 8.66. The molecule has 0 aromatic heterocycles. The predicted molar refractivity (Wildman–Crippen MR) is 73.6 cm³/mol. The minimum atomic E-state index is 0.523. The van der Waals surface area contributed by atoms with Gasteiger partial charge in [0.25, 0.3) is 0 Å². The molecule has 2 bridgehead atoms. The quantitative estimate of drug-likeness (QED) is 0.746. The molecule has 0 N–H and O–H groups in total. The Bertz CT molecular complexity index is 303. The zero-order valence-corrected chi connectivity index (χ0v) is 11.8. The van der Waals surface area contributed by atoms with Gasteiger partial charge >= 0.3 is 0 Å². The minimum Gasteiger partial charge on any atom is -0.300 e. The molecule has 1 aliphatic carbocycles. The van der Waals surface area contributed by atoms with E-state index in [9.17, 15) is 4.79 Å². The molecule has 18 heavy (non-hydrogen) atoms. The number of hydrogen-bond donors (Lipinski definition) is 0. The number of ketones is 1. The van der Waals surface area contributed by atoms with Crippen molar-refractivity contribution in [3.8, 4) is 0 Å². The van der Waals surface area contributed by atoms with Crippen molar-refractivity contribution in [1.82, 2.24) is 4.90 Å². The molecule has 3 fully saturated rings. The van der Waals surface area contributed by atoms with Crippen molar-refractivity contribution < 1.29 is 4.79 Å². The van der Waals surface area contributed by atoms with Crippen LogP contribution in [0.4, 0.5) is 0 Å². The van der Waals surface area contributed by atoms with Gasteiger partial charge in [0.15, 0.2) is 0 Å². The van der Waals surface area contributed by atoms with E-state index >= 15 is 0 Å². The van der Waals surface area contributed by atoms with Gasteiger partial charge in [0.2, 0.25) is 0 Å². The summed E-state index contributed by atoms with van der Waals surface area (Å²) < 4.78 is 0. The lowest BCUT2D eigenvalue weighted by Crippen LogP contribution is -2.55. The van der Waals surface area contributed by atoms with E-state index in [4.69, 9.17) is 0 Å². The maximum absolute atomic E-state index is 11.8. The maximum Gasteiger partial charge on any atom is 0.136 e. The summed E-state index contributed by atoms with van der Waals surface area (Å²) in [5.41, 5.74) is 0.534. The van der Waals surface area contributed by atoms with Gasteiger partial charge in [-0.2, -0.15) is 0 Å². The van der Waals surface area contributed by atoms with E-state index < -0.39 is 0 Å². The lowest BCUT2D eigenvalue weighted by molar-refractivity contribution is -0.128.